The normalized spacial score (nSPS) is 19.5. The predicted molar refractivity (Wildman–Crippen MR) is 104 cm³/mol. The van der Waals surface area contributed by atoms with E-state index in [9.17, 15) is 4.79 Å². The molecule has 2 aromatic heterocycles. The Labute approximate surface area is 160 Å². The van der Waals surface area contributed by atoms with E-state index < -0.39 is 0 Å². The number of aromatic nitrogens is 3. The summed E-state index contributed by atoms with van der Waals surface area (Å²) < 4.78 is 5.38. The van der Waals surface area contributed by atoms with Gasteiger partial charge in [-0.2, -0.15) is 0 Å². The molecule has 144 valence electrons. The van der Waals surface area contributed by atoms with Crippen LogP contribution in [0.5, 0.6) is 0 Å². The Morgan fingerprint density at radius 1 is 1.19 bits per heavy atom. The van der Waals surface area contributed by atoms with Gasteiger partial charge in [0.2, 0.25) is 5.91 Å². The van der Waals surface area contributed by atoms with Crippen LogP contribution in [-0.4, -0.2) is 48.2 Å². The summed E-state index contributed by atoms with van der Waals surface area (Å²) in [6.45, 7) is 0.393. The van der Waals surface area contributed by atoms with Crippen molar-refractivity contribution in [2.75, 3.05) is 26.1 Å². The van der Waals surface area contributed by atoms with E-state index in [1.807, 2.05) is 37.2 Å². The lowest BCUT2D eigenvalue weighted by Crippen LogP contribution is -2.34. The number of amides is 1. The Kier molecular flexibility index (Phi) is 6.34. The zero-order valence-corrected chi connectivity index (χ0v) is 16.2. The van der Waals surface area contributed by atoms with Gasteiger partial charge in [0.15, 0.2) is 5.82 Å². The smallest absolute Gasteiger partial charge is 0.223 e. The van der Waals surface area contributed by atoms with Crippen LogP contribution in [0.2, 0.25) is 0 Å². The molecule has 1 aliphatic carbocycles. The summed E-state index contributed by atoms with van der Waals surface area (Å²) in [6.07, 6.45) is 7.37. The van der Waals surface area contributed by atoms with Crippen molar-refractivity contribution in [3.05, 3.63) is 36.3 Å². The van der Waals surface area contributed by atoms with Gasteiger partial charge in [0.25, 0.3) is 0 Å². The van der Waals surface area contributed by atoms with Crippen LogP contribution in [0.25, 0.3) is 11.4 Å². The second kappa shape index (κ2) is 8.90. The molecule has 2 heterocycles. The third kappa shape index (κ3) is 5.01. The number of nitrogens with one attached hydrogen (secondary N) is 1. The molecule has 27 heavy (non-hydrogen) atoms. The first-order chi connectivity index (χ1) is 13.1. The van der Waals surface area contributed by atoms with Gasteiger partial charge in [-0.15, -0.1) is 0 Å². The molecule has 1 N–H and O–H groups in total. The minimum atomic E-state index is 0.0613. The summed E-state index contributed by atoms with van der Waals surface area (Å²) in [6, 6.07) is 5.67. The van der Waals surface area contributed by atoms with Crippen molar-refractivity contribution in [2.24, 2.45) is 5.92 Å². The lowest BCUT2D eigenvalue weighted by atomic mass is 9.87. The molecule has 1 fully saturated rings. The third-order valence-electron chi connectivity index (χ3n) is 4.98. The Hall–Kier alpha value is -2.54. The summed E-state index contributed by atoms with van der Waals surface area (Å²) in [5.41, 5.74) is 1.69. The van der Waals surface area contributed by atoms with Gasteiger partial charge in [0.05, 0.1) is 18.3 Å². The molecule has 0 radical (unpaired) electrons. The minimum absolute atomic E-state index is 0.0613. The molecule has 1 saturated carbocycles. The first kappa shape index (κ1) is 19.2. The number of anilines is 1. The summed E-state index contributed by atoms with van der Waals surface area (Å²) in [5, 5.41) is 3.05. The largest absolute Gasteiger partial charge is 0.381 e. The van der Waals surface area contributed by atoms with Gasteiger partial charge in [-0.1, -0.05) is 0 Å². The van der Waals surface area contributed by atoms with Gasteiger partial charge in [-0.25, -0.2) is 9.97 Å². The molecule has 0 atom stereocenters. The summed E-state index contributed by atoms with van der Waals surface area (Å²) >= 11 is 0. The minimum Gasteiger partial charge on any atom is -0.381 e. The maximum atomic E-state index is 12.5. The Morgan fingerprint density at radius 3 is 2.52 bits per heavy atom. The van der Waals surface area contributed by atoms with Gasteiger partial charge in [0.1, 0.15) is 5.82 Å². The Morgan fingerprint density at radius 2 is 1.89 bits per heavy atom. The molecular formula is C20H27N5O2. The molecule has 0 spiro atoms. The predicted octanol–water partition coefficient (Wildman–Crippen LogP) is 2.43. The second-order valence-electron chi connectivity index (χ2n) is 7.10. The highest BCUT2D eigenvalue weighted by atomic mass is 16.5. The number of nitrogens with zero attached hydrogens (tertiary/aromatic N) is 4. The number of hydrogen-bond donors (Lipinski definition) is 1. The van der Waals surface area contributed by atoms with E-state index in [1.165, 1.54) is 0 Å². The van der Waals surface area contributed by atoms with Crippen molar-refractivity contribution in [1.82, 2.24) is 20.3 Å². The standard InChI is InChI=1S/C20H27N5O2/c1-25(2)18-12-16(23-19(24-18)14-8-10-21-11-9-14)13-22-20(26)15-4-6-17(27-3)7-5-15/h8-12,15,17H,4-7,13H2,1-3H3,(H,22,26). The monoisotopic (exact) mass is 369 g/mol. The van der Waals surface area contributed by atoms with Gasteiger partial charge >= 0.3 is 0 Å². The van der Waals surface area contributed by atoms with Crippen molar-refractivity contribution in [2.45, 2.75) is 38.3 Å². The number of carbonyl (C=O) groups is 1. The molecule has 1 aliphatic rings. The zero-order valence-electron chi connectivity index (χ0n) is 16.2. The van der Waals surface area contributed by atoms with Crippen LogP contribution in [0.4, 0.5) is 5.82 Å². The molecule has 7 nitrogen and oxygen atoms in total. The number of methoxy groups -OCH3 is 1. The molecular weight excluding hydrogens is 342 g/mol. The topological polar surface area (TPSA) is 80.2 Å². The molecule has 0 aromatic carbocycles. The van der Waals surface area contributed by atoms with Crippen molar-refractivity contribution >= 4 is 11.7 Å². The van der Waals surface area contributed by atoms with Crippen LogP contribution in [0.15, 0.2) is 30.6 Å². The fraction of sp³-hybridized carbons (Fsp3) is 0.500. The van der Waals surface area contributed by atoms with E-state index in [2.05, 4.69) is 20.3 Å². The molecule has 0 unspecified atom stereocenters. The number of ether oxygens (including phenoxy) is 1. The van der Waals surface area contributed by atoms with Crippen molar-refractivity contribution in [3.63, 3.8) is 0 Å². The van der Waals surface area contributed by atoms with Gasteiger partial charge < -0.3 is 15.0 Å². The molecule has 0 aliphatic heterocycles. The van der Waals surface area contributed by atoms with Crippen LogP contribution in [0.1, 0.15) is 31.4 Å². The highest BCUT2D eigenvalue weighted by Gasteiger charge is 2.26. The Balaban J connectivity index is 1.69. The maximum Gasteiger partial charge on any atom is 0.223 e. The highest BCUT2D eigenvalue weighted by Crippen LogP contribution is 2.26. The molecule has 0 saturated heterocycles. The van der Waals surface area contributed by atoms with Crippen LogP contribution >= 0.6 is 0 Å². The fourth-order valence-electron chi connectivity index (χ4n) is 3.32. The van der Waals surface area contributed by atoms with Crippen molar-refractivity contribution in [1.29, 1.82) is 0 Å². The molecule has 2 aromatic rings. The first-order valence-corrected chi connectivity index (χ1v) is 9.33. The van der Waals surface area contributed by atoms with Gasteiger partial charge in [-0.05, 0) is 37.8 Å². The van der Waals surface area contributed by atoms with Crippen LogP contribution < -0.4 is 10.2 Å². The number of pyridine rings is 1. The summed E-state index contributed by atoms with van der Waals surface area (Å²) in [4.78, 5) is 27.7. The van der Waals surface area contributed by atoms with E-state index >= 15 is 0 Å². The quantitative estimate of drug-likeness (QED) is 0.842. The van der Waals surface area contributed by atoms with Crippen LogP contribution in [-0.2, 0) is 16.1 Å². The fourth-order valence-corrected chi connectivity index (χ4v) is 3.32. The molecule has 0 bridgehead atoms. The number of carbonyl (C=O) groups excluding carboxylic acids is 1. The van der Waals surface area contributed by atoms with E-state index in [0.29, 0.717) is 18.5 Å². The molecule has 1 amide bonds. The number of hydrogen-bond acceptors (Lipinski definition) is 6. The zero-order chi connectivity index (χ0) is 19.2. The third-order valence-corrected chi connectivity index (χ3v) is 4.98. The lowest BCUT2D eigenvalue weighted by molar-refractivity contribution is -0.126. The molecule has 3 rings (SSSR count). The van der Waals surface area contributed by atoms with Crippen molar-refractivity contribution < 1.29 is 9.53 Å². The van der Waals surface area contributed by atoms with E-state index in [1.54, 1.807) is 19.5 Å². The van der Waals surface area contributed by atoms with Crippen molar-refractivity contribution in [3.8, 4) is 11.4 Å². The van der Waals surface area contributed by atoms with Crippen LogP contribution in [0.3, 0.4) is 0 Å². The first-order valence-electron chi connectivity index (χ1n) is 9.33. The van der Waals surface area contributed by atoms with Crippen LogP contribution in [0, 0.1) is 5.92 Å². The highest BCUT2D eigenvalue weighted by molar-refractivity contribution is 5.78. The summed E-state index contributed by atoms with van der Waals surface area (Å²) in [7, 11) is 5.62. The average molecular weight is 369 g/mol. The lowest BCUT2D eigenvalue weighted by Gasteiger charge is -2.26. The van der Waals surface area contributed by atoms with Gasteiger partial charge in [0, 0.05) is 51.1 Å². The van der Waals surface area contributed by atoms with E-state index in [0.717, 1.165) is 42.8 Å². The average Bonchev–Trinajstić information content (AvgIpc) is 2.72. The Bertz CT molecular complexity index is 758. The molecule has 7 heteroatoms. The second-order valence-corrected chi connectivity index (χ2v) is 7.10. The maximum absolute atomic E-state index is 12.5. The van der Waals surface area contributed by atoms with E-state index in [-0.39, 0.29) is 11.8 Å². The van der Waals surface area contributed by atoms with Gasteiger partial charge in [-0.3, -0.25) is 9.78 Å². The van der Waals surface area contributed by atoms with E-state index in [4.69, 9.17) is 4.74 Å². The summed E-state index contributed by atoms with van der Waals surface area (Å²) in [5.74, 6) is 1.60. The number of rotatable bonds is 6. The SMILES string of the molecule is COC1CCC(C(=O)NCc2cc(N(C)C)nc(-c3ccncc3)n2)CC1.